The van der Waals surface area contributed by atoms with Gasteiger partial charge in [-0.15, -0.1) is 10.2 Å². The quantitative estimate of drug-likeness (QED) is 0.501. The first kappa shape index (κ1) is 21.2. The predicted octanol–water partition coefficient (Wildman–Crippen LogP) is 3.05. The highest BCUT2D eigenvalue weighted by molar-refractivity contribution is 5.94. The molecule has 3 aromatic rings. The Labute approximate surface area is 174 Å². The first-order valence-corrected chi connectivity index (χ1v) is 9.91. The maximum absolute atomic E-state index is 11.9. The number of H-pyrrole nitrogens is 1. The van der Waals surface area contributed by atoms with Crippen molar-refractivity contribution in [2.45, 2.75) is 32.1 Å². The van der Waals surface area contributed by atoms with Gasteiger partial charge in [0, 0.05) is 18.5 Å². The second-order valence-corrected chi connectivity index (χ2v) is 7.17. The highest BCUT2D eigenvalue weighted by Gasteiger charge is 2.32. The molecule has 0 spiro atoms. The van der Waals surface area contributed by atoms with Gasteiger partial charge in [-0.2, -0.15) is 5.21 Å². The van der Waals surface area contributed by atoms with Crippen molar-refractivity contribution in [3.63, 3.8) is 0 Å². The van der Waals surface area contributed by atoms with Gasteiger partial charge in [-0.25, -0.2) is 0 Å². The Bertz CT molecular complexity index is 986. The molecule has 30 heavy (non-hydrogen) atoms. The van der Waals surface area contributed by atoms with Gasteiger partial charge in [0.1, 0.15) is 0 Å². The average Bonchev–Trinajstić information content (AvgIpc) is 3.30. The van der Waals surface area contributed by atoms with Gasteiger partial charge in [0.15, 0.2) is 5.82 Å². The molecule has 8 heteroatoms. The molecule has 0 saturated carbocycles. The van der Waals surface area contributed by atoms with E-state index >= 15 is 0 Å². The largest absolute Gasteiger partial charge is 0.481 e. The van der Waals surface area contributed by atoms with E-state index in [0.717, 1.165) is 23.1 Å². The summed E-state index contributed by atoms with van der Waals surface area (Å²) < 4.78 is 0. The number of benzene rings is 2. The molecule has 0 saturated heterocycles. The molecule has 0 aliphatic rings. The number of carbonyl (C=O) groups is 2. The Hall–Kier alpha value is -3.55. The molecule has 8 nitrogen and oxygen atoms in total. The molecule has 1 heterocycles. The number of hydrogen-bond donors (Lipinski definition) is 3. The summed E-state index contributed by atoms with van der Waals surface area (Å²) in [7, 11) is 1.60. The second kappa shape index (κ2) is 9.78. The predicted molar refractivity (Wildman–Crippen MR) is 112 cm³/mol. The third kappa shape index (κ3) is 4.89. The number of carbonyl (C=O) groups excluding carboxylic acids is 1. The van der Waals surface area contributed by atoms with Crippen LogP contribution in [0.2, 0.25) is 0 Å². The van der Waals surface area contributed by atoms with Gasteiger partial charge in [-0.05, 0) is 41.7 Å². The minimum absolute atomic E-state index is 0.131. The molecule has 0 aliphatic carbocycles. The first-order chi connectivity index (χ1) is 14.5. The van der Waals surface area contributed by atoms with Crippen LogP contribution in [0.3, 0.4) is 0 Å². The molecule has 0 aliphatic heterocycles. The molecule has 2 atom stereocenters. The van der Waals surface area contributed by atoms with E-state index in [1.807, 2.05) is 43.3 Å². The number of amides is 1. The van der Waals surface area contributed by atoms with E-state index in [9.17, 15) is 14.7 Å². The van der Waals surface area contributed by atoms with Gasteiger partial charge in [-0.3, -0.25) is 9.59 Å². The van der Waals surface area contributed by atoms with Gasteiger partial charge in [0.05, 0.1) is 5.92 Å². The summed E-state index contributed by atoms with van der Waals surface area (Å²) in [5.74, 6) is -1.55. The number of aromatic nitrogens is 4. The van der Waals surface area contributed by atoms with Crippen molar-refractivity contribution in [1.29, 1.82) is 0 Å². The number of aromatic amines is 1. The van der Waals surface area contributed by atoms with Crippen LogP contribution in [0.15, 0.2) is 48.5 Å². The Balaban J connectivity index is 1.88. The van der Waals surface area contributed by atoms with Crippen molar-refractivity contribution in [2.75, 3.05) is 7.05 Å². The lowest BCUT2D eigenvalue weighted by Crippen LogP contribution is -2.25. The second-order valence-electron chi connectivity index (χ2n) is 7.17. The molecule has 3 N–H and O–H groups in total. The van der Waals surface area contributed by atoms with Crippen LogP contribution in [0.25, 0.3) is 11.1 Å². The Morgan fingerprint density at radius 2 is 1.90 bits per heavy atom. The topological polar surface area (TPSA) is 121 Å². The van der Waals surface area contributed by atoms with E-state index in [-0.39, 0.29) is 11.8 Å². The molecular formula is C22H25N5O3. The molecule has 0 bridgehead atoms. The van der Waals surface area contributed by atoms with E-state index < -0.39 is 11.9 Å². The summed E-state index contributed by atoms with van der Waals surface area (Å²) >= 11 is 0. The summed E-state index contributed by atoms with van der Waals surface area (Å²) in [6.45, 7) is 1.96. The van der Waals surface area contributed by atoms with Gasteiger partial charge >= 0.3 is 5.97 Å². The third-order valence-corrected chi connectivity index (χ3v) is 5.19. The van der Waals surface area contributed by atoms with Crippen molar-refractivity contribution in [1.82, 2.24) is 25.9 Å². The van der Waals surface area contributed by atoms with Crippen LogP contribution >= 0.6 is 0 Å². The molecule has 2 aromatic carbocycles. The number of carboxylic acid groups (broad SMARTS) is 1. The number of nitrogens with zero attached hydrogens (tertiary/aromatic N) is 3. The van der Waals surface area contributed by atoms with Crippen LogP contribution in [0.5, 0.6) is 0 Å². The molecule has 1 amide bonds. The smallest absolute Gasteiger partial charge is 0.307 e. The number of rotatable bonds is 9. The Morgan fingerprint density at radius 3 is 2.50 bits per heavy atom. The van der Waals surface area contributed by atoms with Crippen molar-refractivity contribution in [2.24, 2.45) is 5.92 Å². The standard InChI is InChI=1S/C22H25N5O3/c1-3-5-18(22(29)30)19(20-24-26-27-25-20)13-14-6-4-7-17(12-14)15-8-10-16(11-9-15)21(28)23-2/h4,6-12,18-19H,3,5,13H2,1-2H3,(H,23,28)(H,29,30)(H,24,25,26,27). The van der Waals surface area contributed by atoms with Gasteiger partial charge < -0.3 is 10.4 Å². The number of hydrogen-bond acceptors (Lipinski definition) is 5. The van der Waals surface area contributed by atoms with Crippen LogP contribution in [0, 0.1) is 5.92 Å². The summed E-state index contributed by atoms with van der Waals surface area (Å²) in [5.41, 5.74) is 3.55. The molecule has 0 fully saturated rings. The molecule has 3 rings (SSSR count). The van der Waals surface area contributed by atoms with Crippen molar-refractivity contribution in [3.8, 4) is 11.1 Å². The molecule has 0 radical (unpaired) electrons. The van der Waals surface area contributed by atoms with Crippen LogP contribution in [-0.4, -0.2) is 44.7 Å². The van der Waals surface area contributed by atoms with Gasteiger partial charge in [0.25, 0.3) is 5.91 Å². The van der Waals surface area contributed by atoms with Gasteiger partial charge in [-0.1, -0.05) is 55.0 Å². The van der Waals surface area contributed by atoms with Crippen molar-refractivity contribution in [3.05, 3.63) is 65.5 Å². The monoisotopic (exact) mass is 407 g/mol. The Morgan fingerprint density at radius 1 is 1.13 bits per heavy atom. The van der Waals surface area contributed by atoms with Gasteiger partial charge in [0.2, 0.25) is 0 Å². The highest BCUT2D eigenvalue weighted by Crippen LogP contribution is 2.31. The molecule has 2 unspecified atom stereocenters. The minimum Gasteiger partial charge on any atom is -0.481 e. The molecular weight excluding hydrogens is 382 g/mol. The number of tetrazole rings is 1. The summed E-state index contributed by atoms with van der Waals surface area (Å²) in [5, 5.41) is 26.5. The lowest BCUT2D eigenvalue weighted by atomic mass is 9.83. The van der Waals surface area contributed by atoms with Crippen molar-refractivity contribution >= 4 is 11.9 Å². The maximum atomic E-state index is 11.9. The fourth-order valence-corrected chi connectivity index (χ4v) is 3.64. The fourth-order valence-electron chi connectivity index (χ4n) is 3.64. The number of aliphatic carboxylic acids is 1. The zero-order valence-electron chi connectivity index (χ0n) is 17.0. The average molecular weight is 407 g/mol. The lowest BCUT2D eigenvalue weighted by Gasteiger charge is -2.21. The van der Waals surface area contributed by atoms with Crippen LogP contribution < -0.4 is 5.32 Å². The van der Waals surface area contributed by atoms with E-state index in [2.05, 4.69) is 25.9 Å². The zero-order chi connectivity index (χ0) is 21.5. The summed E-state index contributed by atoms with van der Waals surface area (Å²) in [4.78, 5) is 23.6. The lowest BCUT2D eigenvalue weighted by molar-refractivity contribution is -0.143. The fraction of sp³-hybridized carbons (Fsp3) is 0.318. The summed E-state index contributed by atoms with van der Waals surface area (Å²) in [6, 6.07) is 15.3. The minimum atomic E-state index is -0.854. The van der Waals surface area contributed by atoms with Crippen LogP contribution in [0.4, 0.5) is 0 Å². The highest BCUT2D eigenvalue weighted by atomic mass is 16.4. The van der Waals surface area contributed by atoms with E-state index in [1.54, 1.807) is 19.2 Å². The number of carboxylic acids is 1. The third-order valence-electron chi connectivity index (χ3n) is 5.19. The van der Waals surface area contributed by atoms with Crippen LogP contribution in [-0.2, 0) is 11.2 Å². The molecule has 156 valence electrons. The SMILES string of the molecule is CCCC(C(=O)O)C(Cc1cccc(-c2ccc(C(=O)NC)cc2)c1)c1nn[nH]n1. The maximum Gasteiger partial charge on any atom is 0.307 e. The first-order valence-electron chi connectivity index (χ1n) is 9.91. The molecule has 1 aromatic heterocycles. The normalized spacial score (nSPS) is 12.9. The zero-order valence-corrected chi connectivity index (χ0v) is 17.0. The van der Waals surface area contributed by atoms with Crippen LogP contribution in [0.1, 0.15) is 47.4 Å². The van der Waals surface area contributed by atoms with Crippen molar-refractivity contribution < 1.29 is 14.7 Å². The van der Waals surface area contributed by atoms with E-state index in [1.165, 1.54) is 0 Å². The van der Waals surface area contributed by atoms with E-state index in [0.29, 0.717) is 24.2 Å². The van der Waals surface area contributed by atoms with E-state index in [4.69, 9.17) is 0 Å². The Kier molecular flexibility index (Phi) is 6.90. The summed E-state index contributed by atoms with van der Waals surface area (Å²) in [6.07, 6.45) is 1.78. The number of nitrogens with one attached hydrogen (secondary N) is 2.